The molecular weight excluding hydrogens is 218 g/mol. The first-order valence-electron chi connectivity index (χ1n) is 5.12. The molecule has 1 aromatic carbocycles. The number of fused-ring (bicyclic) bond motifs is 2. The molecule has 0 fully saturated rings. The Labute approximate surface area is 98.2 Å². The Hall–Kier alpha value is -1.66. The van der Waals surface area contributed by atoms with E-state index in [1.807, 2.05) is 30.0 Å². The van der Waals surface area contributed by atoms with Crippen LogP contribution >= 0.6 is 11.8 Å². The zero-order valence-corrected chi connectivity index (χ0v) is 9.38. The summed E-state index contributed by atoms with van der Waals surface area (Å²) in [5, 5.41) is 8.86. The van der Waals surface area contributed by atoms with E-state index in [4.69, 9.17) is 10.00 Å². The molecule has 2 aliphatic heterocycles. The van der Waals surface area contributed by atoms with Crippen molar-refractivity contribution in [2.75, 3.05) is 5.75 Å². The van der Waals surface area contributed by atoms with Crippen molar-refractivity contribution in [3.8, 4) is 11.8 Å². The van der Waals surface area contributed by atoms with Gasteiger partial charge in [0.2, 0.25) is 0 Å². The maximum Gasteiger partial charge on any atom is 0.136 e. The third-order valence-electron chi connectivity index (χ3n) is 2.73. The maximum atomic E-state index is 8.86. The van der Waals surface area contributed by atoms with Crippen molar-refractivity contribution in [2.45, 2.75) is 6.42 Å². The normalized spacial score (nSPS) is 17.2. The fourth-order valence-corrected chi connectivity index (χ4v) is 3.15. The lowest BCUT2D eigenvalue weighted by atomic mass is 10.1. The van der Waals surface area contributed by atoms with Gasteiger partial charge in [0, 0.05) is 16.2 Å². The lowest BCUT2D eigenvalue weighted by Gasteiger charge is -2.08. The molecule has 0 bridgehead atoms. The molecule has 0 saturated carbocycles. The number of hydrogen-bond donors (Lipinski definition) is 0. The number of nitrogens with zero attached hydrogens (tertiary/aromatic N) is 1. The SMILES string of the molecule is N#Cc1ccc2c(c1)OC=CC1=C2SCC1. The second kappa shape index (κ2) is 3.73. The van der Waals surface area contributed by atoms with Crippen LogP contribution in [-0.2, 0) is 0 Å². The molecule has 3 heteroatoms. The molecule has 0 saturated heterocycles. The fraction of sp³-hybridized carbons (Fsp3) is 0.154. The van der Waals surface area contributed by atoms with Gasteiger partial charge in [-0.05, 0) is 36.3 Å². The van der Waals surface area contributed by atoms with Crippen molar-refractivity contribution in [1.82, 2.24) is 0 Å². The molecule has 3 rings (SSSR count). The summed E-state index contributed by atoms with van der Waals surface area (Å²) in [6.07, 6.45) is 4.84. The van der Waals surface area contributed by atoms with E-state index in [0.29, 0.717) is 5.56 Å². The van der Waals surface area contributed by atoms with Crippen LogP contribution < -0.4 is 4.74 Å². The molecule has 1 aromatic rings. The van der Waals surface area contributed by atoms with E-state index >= 15 is 0 Å². The number of benzene rings is 1. The molecule has 0 atom stereocenters. The number of hydrogen-bond acceptors (Lipinski definition) is 3. The summed E-state index contributed by atoms with van der Waals surface area (Å²) in [5.41, 5.74) is 3.09. The van der Waals surface area contributed by atoms with E-state index in [1.54, 1.807) is 12.3 Å². The Balaban J connectivity index is 2.19. The van der Waals surface area contributed by atoms with Crippen LogP contribution in [0.4, 0.5) is 0 Å². The largest absolute Gasteiger partial charge is 0.464 e. The molecule has 2 aliphatic rings. The van der Waals surface area contributed by atoms with Gasteiger partial charge >= 0.3 is 0 Å². The molecule has 0 aromatic heterocycles. The van der Waals surface area contributed by atoms with Crippen molar-refractivity contribution in [3.63, 3.8) is 0 Å². The average Bonchev–Trinajstić information content (AvgIpc) is 2.71. The highest BCUT2D eigenvalue weighted by Gasteiger charge is 2.20. The molecular formula is C13H9NOS. The van der Waals surface area contributed by atoms with Gasteiger partial charge in [-0.25, -0.2) is 0 Å². The van der Waals surface area contributed by atoms with Gasteiger partial charge in [0.15, 0.2) is 0 Å². The number of rotatable bonds is 0. The molecule has 2 nitrogen and oxygen atoms in total. The van der Waals surface area contributed by atoms with E-state index < -0.39 is 0 Å². The molecule has 78 valence electrons. The zero-order valence-electron chi connectivity index (χ0n) is 8.56. The minimum absolute atomic E-state index is 0.638. The number of allylic oxidation sites excluding steroid dienone is 2. The smallest absolute Gasteiger partial charge is 0.136 e. The molecule has 16 heavy (non-hydrogen) atoms. The summed E-state index contributed by atoms with van der Waals surface area (Å²) in [5.74, 6) is 1.92. The fourth-order valence-electron chi connectivity index (χ4n) is 1.95. The number of thioether (sulfide) groups is 1. The zero-order chi connectivity index (χ0) is 11.0. The predicted molar refractivity (Wildman–Crippen MR) is 64.9 cm³/mol. The highest BCUT2D eigenvalue weighted by molar-refractivity contribution is 8.08. The van der Waals surface area contributed by atoms with Crippen LogP contribution in [0.15, 0.2) is 36.1 Å². The van der Waals surface area contributed by atoms with Gasteiger partial charge in [0.25, 0.3) is 0 Å². The van der Waals surface area contributed by atoms with Crippen molar-refractivity contribution < 1.29 is 4.74 Å². The third kappa shape index (κ3) is 1.43. The first kappa shape index (κ1) is 9.56. The lowest BCUT2D eigenvalue weighted by Crippen LogP contribution is -1.88. The van der Waals surface area contributed by atoms with Crippen LogP contribution in [0, 0.1) is 11.3 Å². The summed E-state index contributed by atoms with van der Waals surface area (Å²) >= 11 is 1.86. The molecule has 0 amide bonds. The van der Waals surface area contributed by atoms with Crippen molar-refractivity contribution in [1.29, 1.82) is 5.26 Å². The first-order chi connectivity index (χ1) is 7.88. The summed E-state index contributed by atoms with van der Waals surface area (Å²) < 4.78 is 5.54. The number of nitriles is 1. The summed E-state index contributed by atoms with van der Waals surface area (Å²) in [7, 11) is 0. The van der Waals surface area contributed by atoms with Crippen LogP contribution in [0.2, 0.25) is 0 Å². The molecule has 0 spiro atoms. The topological polar surface area (TPSA) is 33.0 Å². The van der Waals surface area contributed by atoms with E-state index in [9.17, 15) is 0 Å². The van der Waals surface area contributed by atoms with Crippen LogP contribution in [0.25, 0.3) is 4.91 Å². The van der Waals surface area contributed by atoms with Gasteiger partial charge in [-0.15, -0.1) is 11.8 Å². The minimum Gasteiger partial charge on any atom is -0.464 e. The Bertz CT molecular complexity index is 552. The Morgan fingerprint density at radius 2 is 2.31 bits per heavy atom. The van der Waals surface area contributed by atoms with Gasteiger partial charge in [0.05, 0.1) is 17.9 Å². The summed E-state index contributed by atoms with van der Waals surface area (Å²) in [4.78, 5) is 1.30. The van der Waals surface area contributed by atoms with Crippen LogP contribution in [-0.4, -0.2) is 5.75 Å². The van der Waals surface area contributed by atoms with E-state index in [2.05, 4.69) is 6.07 Å². The van der Waals surface area contributed by atoms with Crippen LogP contribution in [0.3, 0.4) is 0 Å². The van der Waals surface area contributed by atoms with E-state index in [0.717, 1.165) is 23.5 Å². The van der Waals surface area contributed by atoms with Crippen LogP contribution in [0.5, 0.6) is 5.75 Å². The van der Waals surface area contributed by atoms with E-state index in [-0.39, 0.29) is 0 Å². The number of ether oxygens (including phenoxy) is 1. The molecule has 0 aliphatic carbocycles. The monoisotopic (exact) mass is 227 g/mol. The van der Waals surface area contributed by atoms with Crippen molar-refractivity contribution in [3.05, 3.63) is 47.2 Å². The molecule has 2 heterocycles. The van der Waals surface area contributed by atoms with Gasteiger partial charge in [0.1, 0.15) is 5.75 Å². The highest BCUT2D eigenvalue weighted by Crippen LogP contribution is 2.44. The summed E-state index contributed by atoms with van der Waals surface area (Å²) in [6.45, 7) is 0. The minimum atomic E-state index is 0.638. The van der Waals surface area contributed by atoms with E-state index in [1.165, 1.54) is 10.5 Å². The summed E-state index contributed by atoms with van der Waals surface area (Å²) in [6, 6.07) is 7.76. The Kier molecular flexibility index (Phi) is 2.23. The second-order valence-corrected chi connectivity index (χ2v) is 4.80. The molecule has 0 radical (unpaired) electrons. The Morgan fingerprint density at radius 1 is 1.38 bits per heavy atom. The molecule has 0 unspecified atom stereocenters. The second-order valence-electron chi connectivity index (χ2n) is 3.70. The quantitative estimate of drug-likeness (QED) is 0.681. The molecule has 0 N–H and O–H groups in total. The van der Waals surface area contributed by atoms with Gasteiger partial charge < -0.3 is 4.74 Å². The van der Waals surface area contributed by atoms with Gasteiger partial charge in [-0.2, -0.15) is 5.26 Å². The first-order valence-corrected chi connectivity index (χ1v) is 6.11. The average molecular weight is 227 g/mol. The third-order valence-corrected chi connectivity index (χ3v) is 3.91. The van der Waals surface area contributed by atoms with Crippen molar-refractivity contribution >= 4 is 16.7 Å². The van der Waals surface area contributed by atoms with Crippen LogP contribution in [0.1, 0.15) is 17.5 Å². The standard InChI is InChI=1S/C13H9NOS/c14-8-9-1-2-11-12(7-9)15-5-3-10-4-6-16-13(10)11/h1-3,5,7H,4,6H2. The van der Waals surface area contributed by atoms with Crippen molar-refractivity contribution in [2.24, 2.45) is 0 Å². The lowest BCUT2D eigenvalue weighted by molar-refractivity contribution is 0.480. The van der Waals surface area contributed by atoms with Gasteiger partial charge in [-0.1, -0.05) is 0 Å². The van der Waals surface area contributed by atoms with Gasteiger partial charge in [-0.3, -0.25) is 0 Å². The predicted octanol–water partition coefficient (Wildman–Crippen LogP) is 3.31. The maximum absolute atomic E-state index is 8.86. The highest BCUT2D eigenvalue weighted by atomic mass is 32.2. The Morgan fingerprint density at radius 3 is 3.19 bits per heavy atom.